The van der Waals surface area contributed by atoms with Crippen LogP contribution in [0.1, 0.15) is 6.92 Å². The van der Waals surface area contributed by atoms with Crippen LogP contribution in [0.3, 0.4) is 0 Å². The maximum Gasteiger partial charge on any atom is 0.266 e. The van der Waals surface area contributed by atoms with Gasteiger partial charge in [-0.05, 0) is 31.2 Å². The van der Waals surface area contributed by atoms with Crippen molar-refractivity contribution in [1.29, 1.82) is 0 Å². The first-order chi connectivity index (χ1) is 9.75. The molecule has 3 nitrogen and oxygen atoms in total. The van der Waals surface area contributed by atoms with Crippen molar-refractivity contribution in [1.82, 2.24) is 0 Å². The molecule has 2 aromatic rings. The van der Waals surface area contributed by atoms with Crippen LogP contribution in [0.25, 0.3) is 0 Å². The molecular weight excluding hydrogens is 268 g/mol. The fourth-order valence-corrected chi connectivity index (χ4v) is 3.08. The summed E-state index contributed by atoms with van der Waals surface area (Å²) in [5, 5.41) is 5.65. The van der Waals surface area contributed by atoms with Gasteiger partial charge in [-0.1, -0.05) is 36.4 Å². The van der Waals surface area contributed by atoms with E-state index < -0.39 is 0 Å². The molecule has 0 radical (unpaired) electrons. The average Bonchev–Trinajstić information content (AvgIpc) is 2.77. The second-order valence-corrected chi connectivity index (χ2v) is 5.72. The minimum Gasteiger partial charge on any atom is -0.271 e. The number of hydrogen-bond acceptors (Lipinski definition) is 3. The van der Waals surface area contributed by atoms with E-state index in [9.17, 15) is 4.79 Å². The smallest absolute Gasteiger partial charge is 0.266 e. The van der Waals surface area contributed by atoms with E-state index in [0.717, 1.165) is 16.3 Å². The summed E-state index contributed by atoms with van der Waals surface area (Å²) >= 11 is 1.54. The third-order valence-electron chi connectivity index (χ3n) is 3.07. The molecule has 0 N–H and O–H groups in total. The number of carbonyl (C=O) groups is 1. The van der Waals surface area contributed by atoms with Crippen LogP contribution in [0.4, 0.5) is 5.69 Å². The highest BCUT2D eigenvalue weighted by atomic mass is 32.2. The molecule has 0 spiro atoms. The Balaban J connectivity index is 1.82. The lowest BCUT2D eigenvalue weighted by atomic mass is 10.3. The maximum atomic E-state index is 12.5. The van der Waals surface area contributed by atoms with Gasteiger partial charge >= 0.3 is 0 Å². The number of para-hydroxylation sites is 1. The van der Waals surface area contributed by atoms with Crippen molar-refractivity contribution < 1.29 is 4.79 Å². The number of hydrogen-bond donors (Lipinski definition) is 0. The molecule has 1 aliphatic rings. The summed E-state index contributed by atoms with van der Waals surface area (Å²) in [7, 11) is 0. The van der Waals surface area contributed by atoms with Gasteiger partial charge in [-0.15, -0.1) is 11.8 Å². The third kappa shape index (κ3) is 2.47. The number of amides is 1. The van der Waals surface area contributed by atoms with Gasteiger partial charge in [0.2, 0.25) is 0 Å². The number of thioether (sulfide) groups is 1. The SMILES string of the molecule is CC1=NN(c2ccccc2)C(=O)C1Sc1ccccc1. The minimum absolute atomic E-state index is 0.0163. The molecule has 0 saturated carbocycles. The van der Waals surface area contributed by atoms with Gasteiger partial charge < -0.3 is 0 Å². The van der Waals surface area contributed by atoms with Crippen LogP contribution < -0.4 is 5.01 Å². The molecule has 1 unspecified atom stereocenters. The van der Waals surface area contributed by atoms with Crippen molar-refractivity contribution >= 4 is 29.1 Å². The molecule has 1 aliphatic heterocycles. The molecule has 0 aliphatic carbocycles. The molecule has 2 aromatic carbocycles. The first-order valence-electron chi connectivity index (χ1n) is 6.41. The van der Waals surface area contributed by atoms with Crippen molar-refractivity contribution in [2.75, 3.05) is 5.01 Å². The average molecular weight is 282 g/mol. The van der Waals surface area contributed by atoms with E-state index in [4.69, 9.17) is 0 Å². The van der Waals surface area contributed by atoms with Crippen LogP contribution in [0.2, 0.25) is 0 Å². The highest BCUT2D eigenvalue weighted by Crippen LogP contribution is 2.31. The molecule has 1 heterocycles. The van der Waals surface area contributed by atoms with Crippen LogP contribution in [0.15, 0.2) is 70.7 Å². The van der Waals surface area contributed by atoms with E-state index in [1.54, 1.807) is 11.8 Å². The van der Waals surface area contributed by atoms with Gasteiger partial charge in [-0.2, -0.15) is 10.1 Å². The van der Waals surface area contributed by atoms with Crippen molar-refractivity contribution in [2.45, 2.75) is 17.1 Å². The Morgan fingerprint density at radius 1 is 1.00 bits per heavy atom. The summed E-state index contributed by atoms with van der Waals surface area (Å²) in [6.07, 6.45) is 0. The number of benzene rings is 2. The van der Waals surface area contributed by atoms with Crippen molar-refractivity contribution in [3.63, 3.8) is 0 Å². The normalized spacial score (nSPS) is 18.2. The molecule has 0 bridgehead atoms. The van der Waals surface area contributed by atoms with Crippen molar-refractivity contribution in [3.05, 3.63) is 60.7 Å². The Labute approximate surface area is 122 Å². The van der Waals surface area contributed by atoms with Crippen molar-refractivity contribution in [2.24, 2.45) is 5.10 Å². The van der Waals surface area contributed by atoms with Gasteiger partial charge in [0, 0.05) is 4.90 Å². The molecule has 0 saturated heterocycles. The minimum atomic E-state index is -0.238. The lowest BCUT2D eigenvalue weighted by Crippen LogP contribution is -2.28. The van der Waals surface area contributed by atoms with Crippen LogP contribution in [-0.4, -0.2) is 16.9 Å². The number of nitrogens with zero attached hydrogens (tertiary/aromatic N) is 2. The van der Waals surface area contributed by atoms with Gasteiger partial charge in [-0.25, -0.2) is 0 Å². The van der Waals surface area contributed by atoms with E-state index in [0.29, 0.717) is 0 Å². The zero-order chi connectivity index (χ0) is 13.9. The van der Waals surface area contributed by atoms with Crippen molar-refractivity contribution in [3.8, 4) is 0 Å². The topological polar surface area (TPSA) is 32.7 Å². The number of carbonyl (C=O) groups excluding carboxylic acids is 1. The van der Waals surface area contributed by atoms with E-state index in [1.165, 1.54) is 5.01 Å². The second-order valence-electron chi connectivity index (χ2n) is 4.54. The highest BCUT2D eigenvalue weighted by Gasteiger charge is 2.34. The predicted molar refractivity (Wildman–Crippen MR) is 83.1 cm³/mol. The fraction of sp³-hybridized carbons (Fsp3) is 0.125. The standard InChI is InChI=1S/C16H14N2OS/c1-12-15(20-14-10-6-3-7-11-14)16(19)18(17-12)13-8-4-2-5-9-13/h2-11,15H,1H3. The maximum absolute atomic E-state index is 12.5. The summed E-state index contributed by atoms with van der Waals surface area (Å²) in [5.74, 6) is 0.0163. The summed E-state index contributed by atoms with van der Waals surface area (Å²) in [6, 6.07) is 19.5. The van der Waals surface area contributed by atoms with Crippen LogP contribution in [-0.2, 0) is 4.79 Å². The molecule has 1 amide bonds. The molecule has 0 fully saturated rings. The molecule has 20 heavy (non-hydrogen) atoms. The van der Waals surface area contributed by atoms with Crippen LogP contribution >= 0.6 is 11.8 Å². The highest BCUT2D eigenvalue weighted by molar-refractivity contribution is 8.01. The fourth-order valence-electron chi connectivity index (χ4n) is 2.07. The molecule has 4 heteroatoms. The zero-order valence-corrected chi connectivity index (χ0v) is 11.9. The van der Waals surface area contributed by atoms with E-state index in [1.807, 2.05) is 67.6 Å². The summed E-state index contributed by atoms with van der Waals surface area (Å²) < 4.78 is 0. The Morgan fingerprint density at radius 3 is 2.25 bits per heavy atom. The van der Waals surface area contributed by atoms with E-state index in [-0.39, 0.29) is 11.2 Å². The number of rotatable bonds is 3. The molecular formula is C16H14N2OS. The summed E-state index contributed by atoms with van der Waals surface area (Å²) in [4.78, 5) is 13.6. The Morgan fingerprint density at radius 2 is 1.60 bits per heavy atom. The van der Waals surface area contributed by atoms with Crippen LogP contribution in [0.5, 0.6) is 0 Å². The molecule has 0 aromatic heterocycles. The Hall–Kier alpha value is -2.07. The molecule has 100 valence electrons. The predicted octanol–water partition coefficient (Wildman–Crippen LogP) is 3.57. The Bertz CT molecular complexity index is 640. The van der Waals surface area contributed by atoms with Gasteiger partial charge in [0.05, 0.1) is 11.4 Å². The van der Waals surface area contributed by atoms with Gasteiger partial charge in [-0.3, -0.25) is 4.79 Å². The first kappa shape index (κ1) is 12.9. The van der Waals surface area contributed by atoms with Gasteiger partial charge in [0.25, 0.3) is 5.91 Å². The van der Waals surface area contributed by atoms with Crippen LogP contribution in [0, 0.1) is 0 Å². The number of hydrazone groups is 1. The summed E-state index contributed by atoms with van der Waals surface area (Å²) in [5.41, 5.74) is 1.65. The summed E-state index contributed by atoms with van der Waals surface area (Å²) in [6.45, 7) is 1.90. The Kier molecular flexibility index (Phi) is 3.56. The molecule has 3 rings (SSSR count). The quantitative estimate of drug-likeness (QED) is 0.862. The monoisotopic (exact) mass is 282 g/mol. The van der Waals surface area contributed by atoms with E-state index in [2.05, 4.69) is 5.10 Å². The number of anilines is 1. The largest absolute Gasteiger partial charge is 0.271 e. The van der Waals surface area contributed by atoms with Gasteiger partial charge in [0.1, 0.15) is 5.25 Å². The first-order valence-corrected chi connectivity index (χ1v) is 7.29. The second kappa shape index (κ2) is 5.51. The van der Waals surface area contributed by atoms with Gasteiger partial charge in [0.15, 0.2) is 0 Å². The lowest BCUT2D eigenvalue weighted by Gasteiger charge is -2.13. The van der Waals surface area contributed by atoms with E-state index >= 15 is 0 Å². The third-order valence-corrected chi connectivity index (χ3v) is 4.39. The zero-order valence-electron chi connectivity index (χ0n) is 11.1. The lowest BCUT2D eigenvalue weighted by molar-refractivity contribution is -0.116. The molecule has 1 atom stereocenters.